The SMILES string of the molecule is CC1(C)CC(=O)C2=C1CCCC2. The Kier molecular flexibility index (Phi) is 1.64. The number of hydrogen-bond donors (Lipinski definition) is 0. The number of ketones is 1. The normalized spacial score (nSPS) is 27.7. The summed E-state index contributed by atoms with van der Waals surface area (Å²) in [4.78, 5) is 11.6. The van der Waals surface area contributed by atoms with Gasteiger partial charge in [0.2, 0.25) is 0 Å². The van der Waals surface area contributed by atoms with Crippen molar-refractivity contribution in [2.45, 2.75) is 46.0 Å². The lowest BCUT2D eigenvalue weighted by Gasteiger charge is -2.24. The van der Waals surface area contributed by atoms with E-state index in [1.165, 1.54) is 30.4 Å². The van der Waals surface area contributed by atoms with E-state index in [0.717, 1.165) is 12.8 Å². The van der Waals surface area contributed by atoms with Crippen LogP contribution in [0, 0.1) is 5.41 Å². The Hall–Kier alpha value is -0.590. The van der Waals surface area contributed by atoms with Crippen LogP contribution >= 0.6 is 0 Å². The van der Waals surface area contributed by atoms with E-state index in [1.807, 2.05) is 0 Å². The summed E-state index contributed by atoms with van der Waals surface area (Å²) in [6.07, 6.45) is 5.50. The number of rotatable bonds is 0. The standard InChI is InChI=1S/C11H16O/c1-11(2)7-10(12)8-5-3-4-6-9(8)11/h3-7H2,1-2H3. The molecule has 0 aliphatic heterocycles. The molecule has 0 saturated carbocycles. The highest BCUT2D eigenvalue weighted by molar-refractivity contribution is 5.99. The van der Waals surface area contributed by atoms with Gasteiger partial charge < -0.3 is 0 Å². The second-order valence-corrected chi connectivity index (χ2v) is 4.65. The Bertz CT molecular complexity index is 258. The predicted molar refractivity (Wildman–Crippen MR) is 48.9 cm³/mol. The maximum Gasteiger partial charge on any atom is 0.159 e. The third-order valence-electron chi connectivity index (χ3n) is 3.22. The van der Waals surface area contributed by atoms with E-state index in [2.05, 4.69) is 13.8 Å². The highest BCUT2D eigenvalue weighted by atomic mass is 16.1. The molecule has 0 spiro atoms. The summed E-state index contributed by atoms with van der Waals surface area (Å²) in [7, 11) is 0. The zero-order valence-electron chi connectivity index (χ0n) is 7.94. The minimum atomic E-state index is 0.187. The molecule has 0 aromatic carbocycles. The molecule has 0 saturated heterocycles. The number of carbonyl (C=O) groups excluding carboxylic acids is 1. The maximum atomic E-state index is 11.6. The fourth-order valence-electron chi connectivity index (χ4n) is 2.57. The average Bonchev–Trinajstić information content (AvgIpc) is 2.25. The van der Waals surface area contributed by atoms with Gasteiger partial charge in [-0.2, -0.15) is 0 Å². The molecule has 0 N–H and O–H groups in total. The Balaban J connectivity index is 2.41. The lowest BCUT2D eigenvalue weighted by Crippen LogP contribution is -2.11. The van der Waals surface area contributed by atoms with Crippen molar-refractivity contribution in [3.63, 3.8) is 0 Å². The van der Waals surface area contributed by atoms with Crippen LogP contribution in [-0.2, 0) is 4.79 Å². The third-order valence-corrected chi connectivity index (χ3v) is 3.22. The molecule has 0 atom stereocenters. The van der Waals surface area contributed by atoms with Crippen molar-refractivity contribution < 1.29 is 4.79 Å². The minimum Gasteiger partial charge on any atom is -0.295 e. The summed E-state index contributed by atoms with van der Waals surface area (Å²) >= 11 is 0. The van der Waals surface area contributed by atoms with E-state index >= 15 is 0 Å². The van der Waals surface area contributed by atoms with E-state index in [-0.39, 0.29) is 5.41 Å². The molecule has 0 bridgehead atoms. The van der Waals surface area contributed by atoms with Crippen LogP contribution < -0.4 is 0 Å². The molecule has 2 rings (SSSR count). The molecule has 2 aliphatic rings. The number of allylic oxidation sites excluding steroid dienone is 2. The summed E-state index contributed by atoms with van der Waals surface area (Å²) in [6, 6.07) is 0. The summed E-state index contributed by atoms with van der Waals surface area (Å²) < 4.78 is 0. The van der Waals surface area contributed by atoms with Gasteiger partial charge in [0.05, 0.1) is 0 Å². The quantitative estimate of drug-likeness (QED) is 0.538. The molecule has 0 unspecified atom stereocenters. The zero-order valence-corrected chi connectivity index (χ0v) is 7.94. The van der Waals surface area contributed by atoms with Crippen LogP contribution in [0.15, 0.2) is 11.1 Å². The van der Waals surface area contributed by atoms with Crippen molar-refractivity contribution in [3.8, 4) is 0 Å². The van der Waals surface area contributed by atoms with Crippen molar-refractivity contribution in [2.24, 2.45) is 5.41 Å². The molecule has 12 heavy (non-hydrogen) atoms. The van der Waals surface area contributed by atoms with Crippen LogP contribution in [0.1, 0.15) is 46.0 Å². The van der Waals surface area contributed by atoms with Crippen molar-refractivity contribution in [1.29, 1.82) is 0 Å². The molecule has 0 fully saturated rings. The van der Waals surface area contributed by atoms with Crippen molar-refractivity contribution in [3.05, 3.63) is 11.1 Å². The minimum absolute atomic E-state index is 0.187. The van der Waals surface area contributed by atoms with E-state index in [9.17, 15) is 4.79 Å². The lowest BCUT2D eigenvalue weighted by atomic mass is 9.80. The summed E-state index contributed by atoms with van der Waals surface area (Å²) in [5.41, 5.74) is 2.84. The topological polar surface area (TPSA) is 17.1 Å². The molecule has 1 heteroatoms. The zero-order chi connectivity index (χ0) is 8.77. The molecule has 0 aromatic heterocycles. The Morgan fingerprint density at radius 1 is 1.17 bits per heavy atom. The van der Waals surface area contributed by atoms with Gasteiger partial charge in [-0.1, -0.05) is 19.4 Å². The molecule has 66 valence electrons. The fraction of sp³-hybridized carbons (Fsp3) is 0.727. The number of Topliss-reactive ketones (excluding diaryl/α,β-unsaturated/α-hetero) is 1. The predicted octanol–water partition coefficient (Wildman–Crippen LogP) is 2.86. The first-order valence-electron chi connectivity index (χ1n) is 4.87. The monoisotopic (exact) mass is 164 g/mol. The largest absolute Gasteiger partial charge is 0.295 e. The van der Waals surface area contributed by atoms with Gasteiger partial charge in [-0.25, -0.2) is 0 Å². The molecule has 0 aromatic rings. The second kappa shape index (κ2) is 2.45. The first-order chi connectivity index (χ1) is 5.61. The van der Waals surface area contributed by atoms with Gasteiger partial charge in [0.15, 0.2) is 5.78 Å². The molecular weight excluding hydrogens is 148 g/mol. The van der Waals surface area contributed by atoms with Gasteiger partial charge in [0, 0.05) is 6.42 Å². The maximum absolute atomic E-state index is 11.6. The average molecular weight is 164 g/mol. The van der Waals surface area contributed by atoms with Gasteiger partial charge in [-0.05, 0) is 36.7 Å². The number of carbonyl (C=O) groups is 1. The van der Waals surface area contributed by atoms with Crippen LogP contribution in [0.2, 0.25) is 0 Å². The number of hydrogen-bond acceptors (Lipinski definition) is 1. The van der Waals surface area contributed by atoms with Gasteiger partial charge in [-0.15, -0.1) is 0 Å². The van der Waals surface area contributed by atoms with Gasteiger partial charge in [0.1, 0.15) is 0 Å². The highest BCUT2D eigenvalue weighted by Crippen LogP contribution is 2.46. The summed E-state index contributed by atoms with van der Waals surface area (Å²) in [5, 5.41) is 0. The first kappa shape index (κ1) is 8.03. The molecular formula is C11H16O. The van der Waals surface area contributed by atoms with Gasteiger partial charge in [-0.3, -0.25) is 4.79 Å². The van der Waals surface area contributed by atoms with Gasteiger partial charge >= 0.3 is 0 Å². The Morgan fingerprint density at radius 2 is 1.83 bits per heavy atom. The highest BCUT2D eigenvalue weighted by Gasteiger charge is 2.38. The first-order valence-corrected chi connectivity index (χ1v) is 4.87. The third kappa shape index (κ3) is 1.03. The second-order valence-electron chi connectivity index (χ2n) is 4.65. The summed E-state index contributed by atoms with van der Waals surface area (Å²) in [5.74, 6) is 0.426. The smallest absolute Gasteiger partial charge is 0.159 e. The molecule has 0 radical (unpaired) electrons. The fourth-order valence-corrected chi connectivity index (χ4v) is 2.57. The van der Waals surface area contributed by atoms with Crippen LogP contribution in [0.4, 0.5) is 0 Å². The van der Waals surface area contributed by atoms with E-state index in [1.54, 1.807) is 0 Å². The van der Waals surface area contributed by atoms with Crippen LogP contribution in [-0.4, -0.2) is 5.78 Å². The van der Waals surface area contributed by atoms with Crippen LogP contribution in [0.5, 0.6) is 0 Å². The molecule has 0 heterocycles. The van der Waals surface area contributed by atoms with Crippen molar-refractivity contribution in [2.75, 3.05) is 0 Å². The van der Waals surface area contributed by atoms with Crippen molar-refractivity contribution >= 4 is 5.78 Å². The van der Waals surface area contributed by atoms with Crippen LogP contribution in [0.3, 0.4) is 0 Å². The van der Waals surface area contributed by atoms with E-state index < -0.39 is 0 Å². The van der Waals surface area contributed by atoms with Gasteiger partial charge in [0.25, 0.3) is 0 Å². The molecule has 1 nitrogen and oxygen atoms in total. The molecule has 0 amide bonds. The summed E-state index contributed by atoms with van der Waals surface area (Å²) in [6.45, 7) is 4.41. The van der Waals surface area contributed by atoms with Crippen LogP contribution in [0.25, 0.3) is 0 Å². The van der Waals surface area contributed by atoms with Crippen molar-refractivity contribution in [1.82, 2.24) is 0 Å². The van der Waals surface area contributed by atoms with E-state index in [0.29, 0.717) is 5.78 Å². The Labute approximate surface area is 73.8 Å². The lowest BCUT2D eigenvalue weighted by molar-refractivity contribution is -0.116. The molecule has 2 aliphatic carbocycles. The Morgan fingerprint density at radius 3 is 2.50 bits per heavy atom. The van der Waals surface area contributed by atoms with E-state index in [4.69, 9.17) is 0 Å².